The van der Waals surface area contributed by atoms with E-state index < -0.39 is 5.82 Å². The highest BCUT2D eigenvalue weighted by atomic mass is 19.1. The van der Waals surface area contributed by atoms with Crippen molar-refractivity contribution in [1.29, 1.82) is 0 Å². The van der Waals surface area contributed by atoms with Crippen LogP contribution in [-0.4, -0.2) is 16.7 Å². The van der Waals surface area contributed by atoms with E-state index in [1.807, 2.05) is 31.2 Å². The van der Waals surface area contributed by atoms with Crippen molar-refractivity contribution >= 4 is 10.9 Å². The fourth-order valence-electron chi connectivity index (χ4n) is 2.72. The minimum atomic E-state index is -0.527. The third-order valence-corrected chi connectivity index (χ3v) is 4.20. The van der Waals surface area contributed by atoms with E-state index in [1.54, 1.807) is 0 Å². The molecule has 0 fully saturated rings. The number of hydrogen-bond donors (Lipinski definition) is 1. The molecule has 5 heteroatoms. The zero-order chi connectivity index (χ0) is 18.5. The van der Waals surface area contributed by atoms with Crippen LogP contribution in [0.3, 0.4) is 0 Å². The Morgan fingerprint density at radius 3 is 2.73 bits per heavy atom. The van der Waals surface area contributed by atoms with E-state index in [9.17, 15) is 9.50 Å². The first-order chi connectivity index (χ1) is 12.6. The van der Waals surface area contributed by atoms with Crippen molar-refractivity contribution in [3.63, 3.8) is 0 Å². The van der Waals surface area contributed by atoms with Crippen molar-refractivity contribution in [2.75, 3.05) is 6.61 Å². The normalized spacial score (nSPS) is 10.9. The maximum Gasteiger partial charge on any atom is 0.165 e. The highest BCUT2D eigenvalue weighted by Crippen LogP contribution is 2.31. The second kappa shape index (κ2) is 8.04. The maximum atomic E-state index is 13.8. The van der Waals surface area contributed by atoms with Gasteiger partial charge < -0.3 is 14.6 Å². The molecule has 0 saturated heterocycles. The topological polar surface area (TPSA) is 51.6 Å². The fraction of sp³-hybridized carbons (Fsp3) is 0.286. The monoisotopic (exact) mass is 355 g/mol. The van der Waals surface area contributed by atoms with Crippen molar-refractivity contribution in [3.8, 4) is 17.2 Å². The zero-order valence-corrected chi connectivity index (χ0v) is 15.0. The first-order valence-electron chi connectivity index (χ1n) is 8.72. The van der Waals surface area contributed by atoms with Gasteiger partial charge in [0, 0.05) is 17.0 Å². The third kappa shape index (κ3) is 3.87. The largest absolute Gasteiger partial charge is 0.508 e. The summed E-state index contributed by atoms with van der Waals surface area (Å²) in [4.78, 5) is 4.64. The van der Waals surface area contributed by atoms with Crippen molar-refractivity contribution in [2.45, 2.75) is 33.3 Å². The molecule has 0 spiro atoms. The summed E-state index contributed by atoms with van der Waals surface area (Å²) in [6.07, 6.45) is 2.02. The SMILES string of the molecule is CCCCOc1c(C)c(COc2cc(O)ccc2F)nc2ccccc12. The number of phenols is 1. The summed E-state index contributed by atoms with van der Waals surface area (Å²) in [7, 11) is 0. The zero-order valence-electron chi connectivity index (χ0n) is 15.0. The van der Waals surface area contributed by atoms with Crippen LogP contribution in [0.2, 0.25) is 0 Å². The summed E-state index contributed by atoms with van der Waals surface area (Å²) >= 11 is 0. The molecule has 3 rings (SSSR count). The summed E-state index contributed by atoms with van der Waals surface area (Å²) in [5.74, 6) is 0.209. The number of aromatic nitrogens is 1. The lowest BCUT2D eigenvalue weighted by Crippen LogP contribution is -2.06. The van der Waals surface area contributed by atoms with Crippen molar-refractivity contribution < 1.29 is 19.0 Å². The molecule has 1 heterocycles. The Balaban J connectivity index is 1.92. The van der Waals surface area contributed by atoms with E-state index in [-0.39, 0.29) is 18.1 Å². The molecule has 0 aliphatic carbocycles. The molecule has 0 unspecified atom stereocenters. The third-order valence-electron chi connectivity index (χ3n) is 4.20. The van der Waals surface area contributed by atoms with Crippen molar-refractivity contribution in [3.05, 3.63) is 59.5 Å². The number of aromatic hydroxyl groups is 1. The molecule has 0 atom stereocenters. The predicted molar refractivity (Wildman–Crippen MR) is 99.3 cm³/mol. The smallest absolute Gasteiger partial charge is 0.165 e. The Hall–Kier alpha value is -2.82. The number of hydrogen-bond acceptors (Lipinski definition) is 4. The number of halogens is 1. The predicted octanol–water partition coefficient (Wildman–Crippen LogP) is 5.15. The first kappa shape index (κ1) is 18.0. The quantitative estimate of drug-likeness (QED) is 0.596. The summed E-state index contributed by atoms with van der Waals surface area (Å²) in [6, 6.07) is 11.5. The molecule has 136 valence electrons. The van der Waals surface area contributed by atoms with Crippen LogP contribution in [0.5, 0.6) is 17.2 Å². The lowest BCUT2D eigenvalue weighted by molar-refractivity contribution is 0.280. The van der Waals surface area contributed by atoms with Crippen LogP contribution in [0, 0.1) is 12.7 Å². The molecule has 0 aliphatic heterocycles. The number of pyridine rings is 1. The number of benzene rings is 2. The molecule has 0 radical (unpaired) electrons. The second-order valence-corrected chi connectivity index (χ2v) is 6.14. The van der Waals surface area contributed by atoms with Gasteiger partial charge in [-0.25, -0.2) is 9.37 Å². The van der Waals surface area contributed by atoms with E-state index in [1.165, 1.54) is 18.2 Å². The number of fused-ring (bicyclic) bond motifs is 1. The van der Waals surface area contributed by atoms with Gasteiger partial charge in [-0.1, -0.05) is 25.5 Å². The van der Waals surface area contributed by atoms with Crippen LogP contribution in [0.4, 0.5) is 4.39 Å². The lowest BCUT2D eigenvalue weighted by Gasteiger charge is -2.16. The Morgan fingerprint density at radius 2 is 1.92 bits per heavy atom. The van der Waals surface area contributed by atoms with Crippen molar-refractivity contribution in [1.82, 2.24) is 4.98 Å². The molecule has 1 aromatic heterocycles. The number of para-hydroxylation sites is 1. The molecule has 26 heavy (non-hydrogen) atoms. The summed E-state index contributed by atoms with van der Waals surface area (Å²) in [5.41, 5.74) is 2.36. The number of unbranched alkanes of at least 4 members (excludes halogenated alkanes) is 1. The first-order valence-corrected chi connectivity index (χ1v) is 8.72. The summed E-state index contributed by atoms with van der Waals surface area (Å²) in [6.45, 7) is 4.76. The standard InChI is InChI=1S/C21H22FNO3/c1-3-4-11-25-21-14(2)19(23-18-8-6-5-7-16(18)21)13-26-20-12-15(24)9-10-17(20)22/h5-10,12,24H,3-4,11,13H2,1-2H3. The van der Waals surface area contributed by atoms with E-state index in [0.29, 0.717) is 12.3 Å². The molecule has 0 aliphatic rings. The van der Waals surface area contributed by atoms with Crippen molar-refractivity contribution in [2.24, 2.45) is 0 Å². The number of rotatable bonds is 7. The molecular weight excluding hydrogens is 333 g/mol. The molecular formula is C21H22FNO3. The molecule has 4 nitrogen and oxygen atoms in total. The minimum Gasteiger partial charge on any atom is -0.508 e. The van der Waals surface area contributed by atoms with Crippen LogP contribution >= 0.6 is 0 Å². The van der Waals surface area contributed by atoms with Gasteiger partial charge in [0.1, 0.15) is 18.1 Å². The minimum absolute atomic E-state index is 0.00666. The Labute approximate surface area is 152 Å². The van der Waals surface area contributed by atoms with Gasteiger partial charge in [-0.05, 0) is 37.6 Å². The summed E-state index contributed by atoms with van der Waals surface area (Å²) < 4.78 is 25.4. The Bertz CT molecular complexity index is 911. The Kier molecular flexibility index (Phi) is 5.56. The van der Waals surface area contributed by atoms with Crippen LogP contribution in [0.15, 0.2) is 42.5 Å². The second-order valence-electron chi connectivity index (χ2n) is 6.14. The molecule has 0 amide bonds. The molecule has 2 aromatic carbocycles. The fourth-order valence-corrected chi connectivity index (χ4v) is 2.72. The average Bonchev–Trinajstić information content (AvgIpc) is 2.64. The number of nitrogens with zero attached hydrogens (tertiary/aromatic N) is 1. The summed E-state index contributed by atoms with van der Waals surface area (Å²) in [5, 5.41) is 10.5. The van der Waals surface area contributed by atoms with Gasteiger partial charge in [-0.3, -0.25) is 0 Å². The van der Waals surface area contributed by atoms with Gasteiger partial charge in [-0.2, -0.15) is 0 Å². The molecule has 1 N–H and O–H groups in total. The van der Waals surface area contributed by atoms with E-state index in [4.69, 9.17) is 9.47 Å². The molecule has 0 saturated carbocycles. The van der Waals surface area contributed by atoms with E-state index in [2.05, 4.69) is 11.9 Å². The highest BCUT2D eigenvalue weighted by Gasteiger charge is 2.14. The van der Waals surface area contributed by atoms with Crippen LogP contribution in [0.1, 0.15) is 31.0 Å². The van der Waals surface area contributed by atoms with Gasteiger partial charge in [0.15, 0.2) is 11.6 Å². The number of phenolic OH excluding ortho intramolecular Hbond substituents is 1. The van der Waals surface area contributed by atoms with Crippen LogP contribution in [0.25, 0.3) is 10.9 Å². The van der Waals surface area contributed by atoms with Crippen LogP contribution < -0.4 is 9.47 Å². The number of ether oxygens (including phenoxy) is 2. The van der Waals surface area contributed by atoms with E-state index >= 15 is 0 Å². The maximum absolute atomic E-state index is 13.8. The van der Waals surface area contributed by atoms with Gasteiger partial charge in [0.25, 0.3) is 0 Å². The lowest BCUT2D eigenvalue weighted by atomic mass is 10.1. The van der Waals surface area contributed by atoms with Gasteiger partial charge in [0.2, 0.25) is 0 Å². The van der Waals surface area contributed by atoms with E-state index in [0.717, 1.165) is 35.1 Å². The highest BCUT2D eigenvalue weighted by molar-refractivity contribution is 5.86. The molecule has 3 aromatic rings. The average molecular weight is 355 g/mol. The molecule has 0 bridgehead atoms. The van der Waals surface area contributed by atoms with Gasteiger partial charge in [-0.15, -0.1) is 0 Å². The van der Waals surface area contributed by atoms with Gasteiger partial charge in [0.05, 0.1) is 17.8 Å². The Morgan fingerprint density at radius 1 is 1.12 bits per heavy atom. The van der Waals surface area contributed by atoms with Gasteiger partial charge >= 0.3 is 0 Å². The van der Waals surface area contributed by atoms with Crippen LogP contribution in [-0.2, 0) is 6.61 Å².